The number of nitrogens with one attached hydrogen (secondary N) is 2. The minimum atomic E-state index is -0.796. The van der Waals surface area contributed by atoms with E-state index in [0.717, 1.165) is 26.2 Å². The number of hydrogen-bond acceptors (Lipinski definition) is 6. The lowest BCUT2D eigenvalue weighted by molar-refractivity contribution is -0.145. The number of aliphatic hydroxyl groups is 1. The average Bonchev–Trinajstić information content (AvgIpc) is 2.72. The third-order valence-electron chi connectivity index (χ3n) is 5.33. The zero-order valence-electron chi connectivity index (χ0n) is 16.5. The smallest absolute Gasteiger partial charge is 0.243 e. The van der Waals surface area contributed by atoms with Gasteiger partial charge in [0.1, 0.15) is 6.04 Å². The fraction of sp³-hybridized carbons (Fsp3) is 0.550. The predicted octanol–water partition coefficient (Wildman–Crippen LogP) is -1.05. The molecule has 2 saturated heterocycles. The molecule has 3 rings (SSSR count). The number of aliphatic hydroxyl groups excluding tert-OH is 1. The summed E-state index contributed by atoms with van der Waals surface area (Å²) in [7, 11) is 0. The fourth-order valence-corrected chi connectivity index (χ4v) is 3.72. The predicted molar refractivity (Wildman–Crippen MR) is 108 cm³/mol. The Morgan fingerprint density at radius 3 is 2.45 bits per heavy atom. The summed E-state index contributed by atoms with van der Waals surface area (Å²) in [5, 5.41) is 14.6. The summed E-state index contributed by atoms with van der Waals surface area (Å²) in [6, 6.07) is 8.25. The van der Waals surface area contributed by atoms with Crippen molar-refractivity contribution in [3.63, 3.8) is 0 Å². The van der Waals surface area contributed by atoms with Gasteiger partial charge in [0, 0.05) is 51.5 Å². The number of β-amino-alcohol motifs (C(OH)–C–C–N with tert-alkyl or cyclic N) is 1. The van der Waals surface area contributed by atoms with Crippen LogP contribution in [0.25, 0.3) is 0 Å². The zero-order valence-corrected chi connectivity index (χ0v) is 16.5. The van der Waals surface area contributed by atoms with E-state index in [4.69, 9.17) is 5.11 Å². The molecule has 1 aromatic rings. The van der Waals surface area contributed by atoms with Crippen molar-refractivity contribution in [1.29, 1.82) is 0 Å². The summed E-state index contributed by atoms with van der Waals surface area (Å²) in [6.45, 7) is 4.90. The van der Waals surface area contributed by atoms with Crippen LogP contribution >= 0.6 is 0 Å². The molecule has 29 heavy (non-hydrogen) atoms. The van der Waals surface area contributed by atoms with Crippen LogP contribution < -0.4 is 10.6 Å². The van der Waals surface area contributed by atoms with Gasteiger partial charge in [0.25, 0.3) is 0 Å². The molecule has 1 atom stereocenters. The summed E-state index contributed by atoms with van der Waals surface area (Å²) in [6.07, 6.45) is -0.0727. The number of hydrogen-bond donors (Lipinski definition) is 3. The Morgan fingerprint density at radius 1 is 1.07 bits per heavy atom. The van der Waals surface area contributed by atoms with Crippen molar-refractivity contribution < 1.29 is 19.5 Å². The second-order valence-corrected chi connectivity index (χ2v) is 7.35. The Bertz CT molecular complexity index is 706. The molecule has 2 aliphatic rings. The monoisotopic (exact) mass is 403 g/mol. The number of benzene rings is 1. The molecule has 0 spiro atoms. The molecule has 0 saturated carbocycles. The molecule has 158 valence electrons. The molecular formula is C20H29N5O4. The maximum Gasteiger partial charge on any atom is 0.243 e. The Kier molecular flexibility index (Phi) is 7.56. The van der Waals surface area contributed by atoms with Crippen molar-refractivity contribution in [2.45, 2.75) is 12.5 Å². The lowest BCUT2D eigenvalue weighted by Crippen LogP contribution is -2.60. The topological polar surface area (TPSA) is 105 Å². The molecule has 2 heterocycles. The first-order chi connectivity index (χ1) is 14.1. The van der Waals surface area contributed by atoms with Crippen LogP contribution in [0.15, 0.2) is 30.3 Å². The van der Waals surface area contributed by atoms with Crippen molar-refractivity contribution in [3.05, 3.63) is 30.3 Å². The summed E-state index contributed by atoms with van der Waals surface area (Å²) in [4.78, 5) is 43.4. The van der Waals surface area contributed by atoms with Crippen LogP contribution in [0.4, 0.5) is 5.69 Å². The van der Waals surface area contributed by atoms with E-state index in [9.17, 15) is 14.4 Å². The van der Waals surface area contributed by atoms with Gasteiger partial charge in [-0.05, 0) is 12.1 Å². The minimum Gasteiger partial charge on any atom is -0.395 e. The van der Waals surface area contributed by atoms with E-state index < -0.39 is 6.04 Å². The lowest BCUT2D eigenvalue weighted by Gasteiger charge is -2.38. The van der Waals surface area contributed by atoms with Crippen molar-refractivity contribution >= 4 is 23.4 Å². The van der Waals surface area contributed by atoms with Crippen molar-refractivity contribution in [2.24, 2.45) is 0 Å². The Labute approximate surface area is 170 Å². The van der Waals surface area contributed by atoms with Crippen LogP contribution in [0.5, 0.6) is 0 Å². The Hall–Kier alpha value is -2.49. The maximum atomic E-state index is 12.9. The third-order valence-corrected chi connectivity index (χ3v) is 5.33. The first kappa shape index (κ1) is 21.2. The minimum absolute atomic E-state index is 0.0727. The molecule has 0 aliphatic carbocycles. The number of nitrogens with zero attached hydrogens (tertiary/aromatic N) is 3. The van der Waals surface area contributed by atoms with Crippen molar-refractivity contribution in [2.75, 3.05) is 64.3 Å². The highest BCUT2D eigenvalue weighted by Crippen LogP contribution is 2.13. The van der Waals surface area contributed by atoms with Gasteiger partial charge in [-0.25, -0.2) is 0 Å². The Morgan fingerprint density at radius 2 is 1.76 bits per heavy atom. The first-order valence-corrected chi connectivity index (χ1v) is 10.0. The van der Waals surface area contributed by atoms with Gasteiger partial charge in [0.2, 0.25) is 17.7 Å². The van der Waals surface area contributed by atoms with E-state index in [1.54, 1.807) is 12.1 Å². The van der Waals surface area contributed by atoms with E-state index >= 15 is 0 Å². The molecule has 2 aliphatic heterocycles. The summed E-state index contributed by atoms with van der Waals surface area (Å²) >= 11 is 0. The molecule has 3 N–H and O–H groups in total. The normalized spacial score (nSPS) is 20.9. The summed E-state index contributed by atoms with van der Waals surface area (Å²) < 4.78 is 0. The van der Waals surface area contributed by atoms with Gasteiger partial charge in [-0.3, -0.25) is 24.2 Å². The van der Waals surface area contributed by atoms with Gasteiger partial charge >= 0.3 is 0 Å². The maximum absolute atomic E-state index is 12.9. The number of amides is 3. The molecule has 3 amide bonds. The highest BCUT2D eigenvalue weighted by atomic mass is 16.3. The van der Waals surface area contributed by atoms with Gasteiger partial charge in [-0.15, -0.1) is 0 Å². The van der Waals surface area contributed by atoms with Crippen molar-refractivity contribution in [3.8, 4) is 0 Å². The SMILES string of the molecule is O=C(C[C@@H]1C(=O)NCCN1C(=O)CN1CCN(CCO)CC1)Nc1ccccc1. The van der Waals surface area contributed by atoms with Gasteiger partial charge in [-0.2, -0.15) is 0 Å². The highest BCUT2D eigenvalue weighted by molar-refractivity contribution is 5.97. The molecule has 0 aromatic heterocycles. The molecule has 0 radical (unpaired) electrons. The van der Waals surface area contributed by atoms with Gasteiger partial charge in [0.05, 0.1) is 19.6 Å². The van der Waals surface area contributed by atoms with Crippen LogP contribution in [-0.4, -0.2) is 103 Å². The number of carbonyl (C=O) groups is 3. The molecule has 0 bridgehead atoms. The summed E-state index contributed by atoms with van der Waals surface area (Å²) in [5.74, 6) is -0.720. The molecule has 0 unspecified atom stereocenters. The van der Waals surface area contributed by atoms with E-state index in [1.165, 1.54) is 4.90 Å². The van der Waals surface area contributed by atoms with Crippen LogP contribution in [0.3, 0.4) is 0 Å². The van der Waals surface area contributed by atoms with Gasteiger partial charge < -0.3 is 20.6 Å². The summed E-state index contributed by atoms with van der Waals surface area (Å²) in [5.41, 5.74) is 0.660. The number of rotatable bonds is 7. The van der Waals surface area contributed by atoms with Crippen LogP contribution in [0.2, 0.25) is 0 Å². The van der Waals surface area contributed by atoms with Crippen LogP contribution in [0.1, 0.15) is 6.42 Å². The largest absolute Gasteiger partial charge is 0.395 e. The van der Waals surface area contributed by atoms with Gasteiger partial charge in [0.15, 0.2) is 0 Å². The second-order valence-electron chi connectivity index (χ2n) is 7.35. The molecule has 9 heteroatoms. The van der Waals surface area contributed by atoms with E-state index in [2.05, 4.69) is 20.4 Å². The van der Waals surface area contributed by atoms with E-state index in [0.29, 0.717) is 25.3 Å². The molecule has 9 nitrogen and oxygen atoms in total. The van der Waals surface area contributed by atoms with Crippen molar-refractivity contribution in [1.82, 2.24) is 20.0 Å². The number of para-hydroxylation sites is 1. The molecular weight excluding hydrogens is 374 g/mol. The Balaban J connectivity index is 1.55. The third kappa shape index (κ3) is 5.99. The van der Waals surface area contributed by atoms with Crippen LogP contribution in [0, 0.1) is 0 Å². The fourth-order valence-electron chi connectivity index (χ4n) is 3.72. The number of anilines is 1. The molecule has 2 fully saturated rings. The lowest BCUT2D eigenvalue weighted by atomic mass is 10.1. The average molecular weight is 403 g/mol. The number of carbonyl (C=O) groups excluding carboxylic acids is 3. The highest BCUT2D eigenvalue weighted by Gasteiger charge is 2.35. The second kappa shape index (κ2) is 10.3. The molecule has 1 aromatic carbocycles. The van der Waals surface area contributed by atoms with Gasteiger partial charge in [-0.1, -0.05) is 18.2 Å². The van der Waals surface area contributed by atoms with Crippen LogP contribution in [-0.2, 0) is 14.4 Å². The van der Waals surface area contributed by atoms with E-state index in [-0.39, 0.29) is 37.3 Å². The first-order valence-electron chi connectivity index (χ1n) is 10.0. The zero-order chi connectivity index (χ0) is 20.6. The van der Waals surface area contributed by atoms with E-state index in [1.807, 2.05) is 18.2 Å². The standard InChI is InChI=1S/C20H29N5O4/c26-13-12-23-8-10-24(11-9-23)15-19(28)25-7-6-21-20(29)17(25)14-18(27)22-16-4-2-1-3-5-16/h1-5,17,26H,6-15H2,(H,21,29)(H,22,27)/t17-/m1/s1. The quantitative estimate of drug-likeness (QED) is 0.537. The number of piperazine rings is 2.